The number of hydrogen-bond donors (Lipinski definition) is 2. The van der Waals surface area contributed by atoms with Crippen molar-refractivity contribution in [3.63, 3.8) is 0 Å². The number of nitrogens with one attached hydrogen (secondary N) is 1. The summed E-state index contributed by atoms with van der Waals surface area (Å²) < 4.78 is 0. The largest absolute Gasteiger partial charge is 0.395 e. The second kappa shape index (κ2) is 6.49. The fraction of sp³-hybridized carbons (Fsp3) is 1.00. The Labute approximate surface area is 94.5 Å². The summed E-state index contributed by atoms with van der Waals surface area (Å²) in [6, 6.07) is 0.826. The summed E-state index contributed by atoms with van der Waals surface area (Å²) in [5, 5.41) is 12.9. The van der Waals surface area contributed by atoms with Gasteiger partial charge in [-0.15, -0.1) is 0 Å². The van der Waals surface area contributed by atoms with Crippen LogP contribution in [0.4, 0.5) is 0 Å². The molecule has 0 saturated heterocycles. The van der Waals surface area contributed by atoms with Crippen LogP contribution in [0.1, 0.15) is 52.9 Å². The van der Waals surface area contributed by atoms with Crippen LogP contribution >= 0.6 is 0 Å². The summed E-state index contributed by atoms with van der Waals surface area (Å²) in [5.74, 6) is 1.34. The van der Waals surface area contributed by atoms with Crippen LogP contribution in [0.5, 0.6) is 0 Å². The Hall–Kier alpha value is -0.0800. The summed E-state index contributed by atoms with van der Waals surface area (Å²) >= 11 is 0. The van der Waals surface area contributed by atoms with Gasteiger partial charge in [-0.3, -0.25) is 0 Å². The summed E-state index contributed by atoms with van der Waals surface area (Å²) in [5.41, 5.74) is 0. The van der Waals surface area contributed by atoms with Gasteiger partial charge in [-0.25, -0.2) is 0 Å². The Balaban J connectivity index is 2.34. The highest BCUT2D eigenvalue weighted by atomic mass is 16.3. The first kappa shape index (κ1) is 13.0. The van der Waals surface area contributed by atoms with Crippen LogP contribution in [0.15, 0.2) is 0 Å². The van der Waals surface area contributed by atoms with Crippen molar-refractivity contribution in [3.8, 4) is 0 Å². The van der Waals surface area contributed by atoms with E-state index in [1.54, 1.807) is 0 Å². The SMILES string of the molecule is CC(N[C@H](CO)C(C)C)C1CCCCC1. The molecular weight excluding hydrogens is 186 g/mol. The van der Waals surface area contributed by atoms with Gasteiger partial charge in [0, 0.05) is 12.1 Å². The number of aliphatic hydroxyl groups excluding tert-OH is 1. The third kappa shape index (κ3) is 4.12. The Morgan fingerprint density at radius 3 is 2.20 bits per heavy atom. The third-order valence-corrected chi connectivity index (χ3v) is 3.84. The molecule has 0 aromatic carbocycles. The molecule has 0 amide bonds. The van der Waals surface area contributed by atoms with Crippen LogP contribution in [0.25, 0.3) is 0 Å². The molecule has 1 saturated carbocycles. The first-order valence-electron chi connectivity index (χ1n) is 6.52. The fourth-order valence-corrected chi connectivity index (χ4v) is 2.56. The summed E-state index contributed by atoms with van der Waals surface area (Å²) in [7, 11) is 0. The van der Waals surface area contributed by atoms with Gasteiger partial charge in [0.05, 0.1) is 6.61 Å². The highest BCUT2D eigenvalue weighted by molar-refractivity contribution is 4.80. The molecule has 0 spiro atoms. The molecule has 0 aliphatic heterocycles. The molecule has 0 heterocycles. The quantitative estimate of drug-likeness (QED) is 0.735. The van der Waals surface area contributed by atoms with Gasteiger partial charge in [0.2, 0.25) is 0 Å². The molecule has 2 N–H and O–H groups in total. The van der Waals surface area contributed by atoms with Gasteiger partial charge in [-0.2, -0.15) is 0 Å². The predicted octanol–water partition coefficient (Wildman–Crippen LogP) is 2.56. The second-order valence-corrected chi connectivity index (χ2v) is 5.39. The maximum absolute atomic E-state index is 9.28. The number of hydrogen-bond acceptors (Lipinski definition) is 2. The summed E-state index contributed by atoms with van der Waals surface area (Å²) in [6.45, 7) is 6.87. The zero-order chi connectivity index (χ0) is 11.3. The first-order valence-corrected chi connectivity index (χ1v) is 6.52. The van der Waals surface area contributed by atoms with Gasteiger partial charge in [-0.1, -0.05) is 33.1 Å². The van der Waals surface area contributed by atoms with Gasteiger partial charge in [0.25, 0.3) is 0 Å². The molecule has 1 aliphatic rings. The lowest BCUT2D eigenvalue weighted by atomic mass is 9.84. The molecule has 2 nitrogen and oxygen atoms in total. The molecule has 2 heteroatoms. The van der Waals surface area contributed by atoms with Crippen molar-refractivity contribution in [2.24, 2.45) is 11.8 Å². The Morgan fingerprint density at radius 2 is 1.73 bits per heavy atom. The van der Waals surface area contributed by atoms with Gasteiger partial charge >= 0.3 is 0 Å². The molecule has 0 aromatic heterocycles. The van der Waals surface area contributed by atoms with Crippen molar-refractivity contribution in [2.75, 3.05) is 6.61 Å². The van der Waals surface area contributed by atoms with E-state index in [-0.39, 0.29) is 12.6 Å². The Morgan fingerprint density at radius 1 is 1.13 bits per heavy atom. The number of rotatable bonds is 5. The molecule has 1 rings (SSSR count). The van der Waals surface area contributed by atoms with Crippen LogP contribution in [0.2, 0.25) is 0 Å². The van der Waals surface area contributed by atoms with E-state index in [1.807, 2.05) is 0 Å². The third-order valence-electron chi connectivity index (χ3n) is 3.84. The fourth-order valence-electron chi connectivity index (χ4n) is 2.56. The number of aliphatic hydroxyl groups is 1. The van der Waals surface area contributed by atoms with Crippen molar-refractivity contribution < 1.29 is 5.11 Å². The Bertz CT molecular complexity index is 164. The van der Waals surface area contributed by atoms with E-state index in [9.17, 15) is 5.11 Å². The van der Waals surface area contributed by atoms with E-state index in [4.69, 9.17) is 0 Å². The van der Waals surface area contributed by atoms with Crippen molar-refractivity contribution in [2.45, 2.75) is 65.0 Å². The maximum Gasteiger partial charge on any atom is 0.0587 e. The Kier molecular flexibility index (Phi) is 5.62. The van der Waals surface area contributed by atoms with Crippen molar-refractivity contribution >= 4 is 0 Å². The van der Waals surface area contributed by atoms with E-state index < -0.39 is 0 Å². The van der Waals surface area contributed by atoms with Crippen LogP contribution in [0, 0.1) is 11.8 Å². The average molecular weight is 213 g/mol. The maximum atomic E-state index is 9.28. The molecule has 1 aliphatic carbocycles. The molecule has 15 heavy (non-hydrogen) atoms. The molecule has 1 unspecified atom stereocenters. The molecule has 90 valence electrons. The van der Waals surface area contributed by atoms with E-state index >= 15 is 0 Å². The minimum atomic E-state index is 0.259. The minimum Gasteiger partial charge on any atom is -0.395 e. The van der Waals surface area contributed by atoms with Gasteiger partial charge in [0.1, 0.15) is 0 Å². The molecule has 1 fully saturated rings. The summed E-state index contributed by atoms with van der Waals surface area (Å²) in [4.78, 5) is 0. The molecular formula is C13H27NO. The molecule has 2 atom stereocenters. The van der Waals surface area contributed by atoms with Gasteiger partial charge in [0.15, 0.2) is 0 Å². The van der Waals surface area contributed by atoms with Gasteiger partial charge < -0.3 is 10.4 Å². The molecule has 0 bridgehead atoms. The van der Waals surface area contributed by atoms with E-state index in [1.165, 1.54) is 32.1 Å². The highest BCUT2D eigenvalue weighted by Gasteiger charge is 2.23. The smallest absolute Gasteiger partial charge is 0.0587 e. The lowest BCUT2D eigenvalue weighted by Gasteiger charge is -2.32. The zero-order valence-electron chi connectivity index (χ0n) is 10.5. The molecule has 0 aromatic rings. The van der Waals surface area contributed by atoms with Crippen molar-refractivity contribution in [3.05, 3.63) is 0 Å². The second-order valence-electron chi connectivity index (χ2n) is 5.39. The van der Waals surface area contributed by atoms with Crippen LogP contribution in [-0.4, -0.2) is 23.8 Å². The average Bonchev–Trinajstić information content (AvgIpc) is 2.26. The van der Waals surface area contributed by atoms with Gasteiger partial charge in [-0.05, 0) is 31.6 Å². The summed E-state index contributed by atoms with van der Waals surface area (Å²) in [6.07, 6.45) is 6.93. The van der Waals surface area contributed by atoms with E-state index in [0.29, 0.717) is 12.0 Å². The topological polar surface area (TPSA) is 32.3 Å². The lowest BCUT2D eigenvalue weighted by Crippen LogP contribution is -2.46. The first-order chi connectivity index (χ1) is 7.15. The van der Waals surface area contributed by atoms with Crippen LogP contribution < -0.4 is 5.32 Å². The predicted molar refractivity (Wildman–Crippen MR) is 64.9 cm³/mol. The van der Waals surface area contributed by atoms with Crippen LogP contribution in [0.3, 0.4) is 0 Å². The van der Waals surface area contributed by atoms with Crippen molar-refractivity contribution in [1.82, 2.24) is 5.32 Å². The van der Waals surface area contributed by atoms with Crippen LogP contribution in [-0.2, 0) is 0 Å². The lowest BCUT2D eigenvalue weighted by molar-refractivity contribution is 0.176. The standard InChI is InChI=1S/C13H27NO/c1-10(2)13(9-15)14-11(3)12-7-5-4-6-8-12/h10-15H,4-9H2,1-3H3/t11?,13-/m1/s1. The molecule has 0 radical (unpaired) electrons. The minimum absolute atomic E-state index is 0.259. The zero-order valence-corrected chi connectivity index (χ0v) is 10.5. The highest BCUT2D eigenvalue weighted by Crippen LogP contribution is 2.26. The van der Waals surface area contributed by atoms with E-state index in [2.05, 4.69) is 26.1 Å². The van der Waals surface area contributed by atoms with E-state index in [0.717, 1.165) is 5.92 Å². The normalized spacial score (nSPS) is 23.0. The van der Waals surface area contributed by atoms with Crippen molar-refractivity contribution in [1.29, 1.82) is 0 Å². The monoisotopic (exact) mass is 213 g/mol.